The van der Waals surface area contributed by atoms with Gasteiger partial charge in [-0.1, -0.05) is 146 Å². The van der Waals surface area contributed by atoms with Crippen LogP contribution in [-0.2, 0) is 110 Å². The zero-order valence-electron chi connectivity index (χ0n) is 53.3. The fourth-order valence-electron chi connectivity index (χ4n) is 10.3. The van der Waals surface area contributed by atoms with E-state index >= 15 is 0 Å². The van der Waals surface area contributed by atoms with E-state index in [0.717, 1.165) is 142 Å². The molecule has 16 rings (SSSR count). The van der Waals surface area contributed by atoms with Crippen molar-refractivity contribution in [2.75, 3.05) is 0 Å². The summed E-state index contributed by atoms with van der Waals surface area (Å²) in [7, 11) is 0. The predicted octanol–water partition coefficient (Wildman–Crippen LogP) is 12.4. The fourth-order valence-corrected chi connectivity index (χ4v) is 10.3. The second-order valence-corrected chi connectivity index (χ2v) is 22.0. The molecule has 0 saturated heterocycles. The Morgan fingerprint density at radius 2 is 0.545 bits per heavy atom. The van der Waals surface area contributed by atoms with Gasteiger partial charge in [-0.15, -0.1) is 34.2 Å². The van der Waals surface area contributed by atoms with Gasteiger partial charge in [-0.3, -0.25) is 34.9 Å². The van der Waals surface area contributed by atoms with Crippen molar-refractivity contribution in [2.45, 2.75) is 46.5 Å². The van der Waals surface area contributed by atoms with Crippen LogP contribution in [0.3, 0.4) is 0 Å². The molecule has 19 nitrogen and oxygen atoms in total. The van der Waals surface area contributed by atoms with E-state index in [2.05, 4.69) is 85.2 Å². The van der Waals surface area contributed by atoms with Crippen LogP contribution in [0, 0.1) is 20.8 Å². The van der Waals surface area contributed by atoms with E-state index in [-0.39, 0.29) is 84.3 Å². The summed E-state index contributed by atoms with van der Waals surface area (Å²) in [5.74, 6) is 0.585. The van der Waals surface area contributed by atoms with E-state index < -0.39 is 0 Å². The monoisotopic (exact) mass is 2020 g/mol. The van der Waals surface area contributed by atoms with Crippen LogP contribution in [0.25, 0.3) is 91.2 Å². The Balaban J connectivity index is 0.000000152. The summed E-state index contributed by atoms with van der Waals surface area (Å²) in [6.45, 7) is 5.81. The van der Waals surface area contributed by atoms with Crippen molar-refractivity contribution in [3.8, 4) is 91.2 Å². The molecule has 0 aliphatic carbocycles. The molecule has 0 spiro atoms. The Morgan fingerprint density at radius 1 is 0.263 bits per heavy atom. The maximum absolute atomic E-state index is 4.73. The molecule has 23 heteroatoms. The summed E-state index contributed by atoms with van der Waals surface area (Å²) >= 11 is 0. The molecule has 99 heavy (non-hydrogen) atoms. The minimum Gasteiger partial charge on any atom is -0.662 e. The van der Waals surface area contributed by atoms with Gasteiger partial charge in [0.2, 0.25) is 0 Å². The SMILES string of the molecule is Cc1cc(-c2cccc(Cc3cccc(-c4ccc[n-]4)n3)n2)[n-]n1.Cc1cc(-c2nccc(Cc3cccc(-c4ccc[n-]4)n3)n2)[n-]n1.Cc1ccc(-c2cccc(Cc3cccc(-c4ccc[n-]4)n3)n2)[n-]1.[Pt+2].[Pt+2].[Pt+2].[Pt+2].c1cc(Cc2cccc(-c3ccc[n-]3)n2)nc(-c2ccc[n-]2)c1. The van der Waals surface area contributed by atoms with Gasteiger partial charge >= 0.3 is 84.3 Å². The smallest absolute Gasteiger partial charge is 0.662 e. The van der Waals surface area contributed by atoms with Crippen LogP contribution in [-0.4, -0.2) is 55.1 Å². The summed E-state index contributed by atoms with van der Waals surface area (Å²) in [5.41, 5.74) is 23.4. The zero-order valence-corrected chi connectivity index (χ0v) is 62.4. The van der Waals surface area contributed by atoms with Crippen molar-refractivity contribution in [3.63, 3.8) is 0 Å². The van der Waals surface area contributed by atoms with Crippen molar-refractivity contribution in [2.24, 2.45) is 0 Å². The minimum atomic E-state index is 0. The predicted molar refractivity (Wildman–Crippen MR) is 363 cm³/mol. The standard InChI is InChI=1S/C20H16N4.C19H15N5.C19H14N4.C18H14N6.4Pt/c1-14-10-11-20(22-14)19-8-3-6-16(24-19)13-15-5-2-7-18(23-15)17-9-4-12-21-17;1-13-11-19(24-23-13)18-8-3-6-15(22-18)12-14-5-2-7-17(21-14)16-9-4-10-20-16;1-5-14(22-18(7-1)16-9-3-11-20-16)13-15-6-2-8-19(23-15)17-10-4-12-21-17;1-12-10-17(24-23-12)18-20-9-7-14(22-18)11-13-4-2-5-16(21-13)15-6-3-8-19-15;;;;/h2-12H,13H2,1H3;2-11H,12H2,1H3;1-12H,13H2;2-10H,11H2,1H3;;;;/q4*-2;4*+2. The van der Waals surface area contributed by atoms with Crippen LogP contribution in [0.15, 0.2) is 256 Å². The summed E-state index contributed by atoms with van der Waals surface area (Å²) < 4.78 is 0. The fraction of sp³-hybridized carbons (Fsp3) is 0.0921. The Bertz CT molecular complexity index is 4590. The third-order valence-corrected chi connectivity index (χ3v) is 14.7. The van der Waals surface area contributed by atoms with E-state index in [1.807, 2.05) is 239 Å². The molecule has 16 aromatic rings. The molecule has 0 atom stereocenters. The largest absolute Gasteiger partial charge is 2.00 e. The first kappa shape index (κ1) is 73.2. The van der Waals surface area contributed by atoms with E-state index in [1.54, 1.807) is 37.2 Å². The van der Waals surface area contributed by atoms with Crippen LogP contribution < -0.4 is 40.1 Å². The maximum atomic E-state index is 4.73. The van der Waals surface area contributed by atoms with Gasteiger partial charge in [-0.25, -0.2) is 9.97 Å². The molecule has 0 aliphatic heterocycles. The third kappa shape index (κ3) is 20.1. The molecule has 0 aromatic carbocycles. The van der Waals surface area contributed by atoms with Crippen molar-refractivity contribution in [1.82, 2.24) is 95.2 Å². The van der Waals surface area contributed by atoms with E-state index in [9.17, 15) is 0 Å². The third-order valence-electron chi connectivity index (χ3n) is 14.7. The van der Waals surface area contributed by atoms with Crippen molar-refractivity contribution >= 4 is 0 Å². The van der Waals surface area contributed by atoms with Crippen LogP contribution in [0.2, 0.25) is 0 Å². The quantitative estimate of drug-likeness (QED) is 0.0871. The number of rotatable bonds is 16. The summed E-state index contributed by atoms with van der Waals surface area (Å²) in [6.07, 6.45) is 13.3. The minimum absolute atomic E-state index is 0. The van der Waals surface area contributed by atoms with Crippen LogP contribution in [0.4, 0.5) is 0 Å². The van der Waals surface area contributed by atoms with Gasteiger partial charge < -0.3 is 50.3 Å². The van der Waals surface area contributed by atoms with E-state index in [0.29, 0.717) is 37.2 Å². The van der Waals surface area contributed by atoms with Gasteiger partial charge in [0.05, 0.1) is 5.69 Å². The van der Waals surface area contributed by atoms with E-state index in [4.69, 9.17) is 9.97 Å². The summed E-state index contributed by atoms with van der Waals surface area (Å²) in [4.78, 5) is 67.7. The molecule has 0 N–H and O–H groups in total. The zero-order chi connectivity index (χ0) is 64.6. The maximum Gasteiger partial charge on any atom is 2.00 e. The van der Waals surface area contributed by atoms with Gasteiger partial charge in [0.1, 0.15) is 5.82 Å². The number of hydrogen-bond donors (Lipinski definition) is 0. The molecular formula is C76H59N19Pt4. The molecule has 0 unspecified atom stereocenters. The molecule has 16 aromatic heterocycles. The second kappa shape index (κ2) is 36.0. The molecule has 0 bridgehead atoms. The molecule has 0 saturated carbocycles. The summed E-state index contributed by atoms with van der Waals surface area (Å²) in [6, 6.07) is 71.0. The van der Waals surface area contributed by atoms with E-state index in [1.165, 1.54) is 0 Å². The molecule has 16 heterocycles. The average molecular weight is 2020 g/mol. The molecule has 0 fully saturated rings. The number of nitrogens with zero attached hydrogens (tertiary/aromatic N) is 19. The van der Waals surface area contributed by atoms with Crippen LogP contribution in [0.5, 0.6) is 0 Å². The Hall–Kier alpha value is -10.0. The molecule has 0 radical (unpaired) electrons. The van der Waals surface area contributed by atoms with Crippen LogP contribution in [0.1, 0.15) is 62.6 Å². The number of aromatic nitrogens is 19. The van der Waals surface area contributed by atoms with Crippen LogP contribution >= 0.6 is 0 Å². The van der Waals surface area contributed by atoms with Crippen molar-refractivity contribution in [3.05, 3.63) is 318 Å². The first-order valence-corrected chi connectivity index (χ1v) is 30.7. The Kier molecular flexibility index (Phi) is 26.6. The Labute approximate surface area is 629 Å². The molecule has 0 aliphatic rings. The van der Waals surface area contributed by atoms with Gasteiger partial charge in [-0.2, -0.15) is 36.7 Å². The van der Waals surface area contributed by atoms with Gasteiger partial charge in [0, 0.05) is 123 Å². The second-order valence-electron chi connectivity index (χ2n) is 22.0. The van der Waals surface area contributed by atoms with Crippen molar-refractivity contribution in [1.29, 1.82) is 0 Å². The van der Waals surface area contributed by atoms with Crippen molar-refractivity contribution < 1.29 is 84.3 Å². The van der Waals surface area contributed by atoms with Gasteiger partial charge in [-0.05, 0) is 105 Å². The average Bonchev–Trinajstić information content (AvgIpc) is 1.84. The molecule has 0 amide bonds. The first-order valence-electron chi connectivity index (χ1n) is 30.7. The van der Waals surface area contributed by atoms with Gasteiger partial charge in [0.25, 0.3) is 0 Å². The number of pyridine rings is 7. The number of aryl methyl sites for hydroxylation is 3. The first-order chi connectivity index (χ1) is 46.7. The molecular weight excluding hydrogens is 1960 g/mol. The Morgan fingerprint density at radius 3 is 0.808 bits per heavy atom. The normalized spacial score (nSPS) is 10.4. The summed E-state index contributed by atoms with van der Waals surface area (Å²) in [5, 5.41) is 16.3. The molecule has 498 valence electrons. The van der Waals surface area contributed by atoms with Gasteiger partial charge in [0.15, 0.2) is 0 Å². The number of hydrogen-bond acceptors (Lipinski definition) is 11. The topological polar surface area (TPSA) is 255 Å².